The Labute approximate surface area is 116 Å². The summed E-state index contributed by atoms with van der Waals surface area (Å²) in [6.45, 7) is 1.77. The summed E-state index contributed by atoms with van der Waals surface area (Å²) in [6.07, 6.45) is 0.524. The van der Waals surface area contributed by atoms with E-state index in [1.54, 1.807) is 16.8 Å². The molecule has 1 heterocycles. The van der Waals surface area contributed by atoms with Crippen molar-refractivity contribution in [2.75, 3.05) is 6.61 Å². The van der Waals surface area contributed by atoms with E-state index in [-0.39, 0.29) is 18.3 Å². The molecule has 0 radical (unpaired) electrons. The Hall–Kier alpha value is -1.39. The van der Waals surface area contributed by atoms with Crippen LogP contribution in [0.5, 0.6) is 0 Å². The van der Waals surface area contributed by atoms with Crippen LogP contribution >= 0.6 is 11.6 Å². The predicted octanol–water partition coefficient (Wildman–Crippen LogP) is 2.84. The van der Waals surface area contributed by atoms with Gasteiger partial charge in [-0.3, -0.25) is 4.68 Å². The van der Waals surface area contributed by atoms with Crippen molar-refractivity contribution in [1.29, 1.82) is 0 Å². The van der Waals surface area contributed by atoms with E-state index in [0.717, 1.165) is 17.0 Å². The van der Waals surface area contributed by atoms with Crippen LogP contribution in [0.2, 0.25) is 5.02 Å². The van der Waals surface area contributed by atoms with Gasteiger partial charge in [0.25, 0.3) is 0 Å². The Bertz CT molecular complexity index is 583. The molecule has 102 valence electrons. The van der Waals surface area contributed by atoms with Crippen molar-refractivity contribution in [3.05, 3.63) is 52.1 Å². The highest BCUT2D eigenvalue weighted by Gasteiger charge is 2.18. The Morgan fingerprint density at radius 1 is 1.47 bits per heavy atom. The van der Waals surface area contributed by atoms with Crippen molar-refractivity contribution in [2.45, 2.75) is 19.3 Å². The van der Waals surface area contributed by atoms with Gasteiger partial charge in [-0.2, -0.15) is 5.10 Å². The summed E-state index contributed by atoms with van der Waals surface area (Å²) in [4.78, 5) is 0. The average Bonchev–Trinajstić information content (AvgIpc) is 2.61. The second kappa shape index (κ2) is 5.72. The number of aliphatic hydroxyl groups is 1. The maximum Gasteiger partial charge on any atom is 0.123 e. The van der Waals surface area contributed by atoms with E-state index in [9.17, 15) is 9.50 Å². The molecule has 0 amide bonds. The SMILES string of the molecule is Cc1nn(C)c(CC(CO)c2cccc(F)c2)c1Cl. The van der Waals surface area contributed by atoms with E-state index in [4.69, 9.17) is 11.6 Å². The Balaban J connectivity index is 2.29. The number of aromatic nitrogens is 2. The van der Waals surface area contributed by atoms with E-state index in [0.29, 0.717) is 11.4 Å². The predicted molar refractivity (Wildman–Crippen MR) is 72.9 cm³/mol. The molecule has 5 heteroatoms. The molecule has 1 unspecified atom stereocenters. The lowest BCUT2D eigenvalue weighted by Crippen LogP contribution is -2.11. The zero-order valence-electron chi connectivity index (χ0n) is 10.9. The van der Waals surface area contributed by atoms with E-state index >= 15 is 0 Å². The Kier molecular flexibility index (Phi) is 4.22. The lowest BCUT2D eigenvalue weighted by atomic mass is 9.95. The fourth-order valence-corrected chi connectivity index (χ4v) is 2.42. The third-order valence-corrected chi connectivity index (χ3v) is 3.73. The Morgan fingerprint density at radius 2 is 2.21 bits per heavy atom. The second-order valence-electron chi connectivity index (χ2n) is 4.61. The van der Waals surface area contributed by atoms with Gasteiger partial charge in [0.1, 0.15) is 5.82 Å². The van der Waals surface area contributed by atoms with Crippen molar-refractivity contribution in [2.24, 2.45) is 7.05 Å². The topological polar surface area (TPSA) is 38.0 Å². The fourth-order valence-electron chi connectivity index (χ4n) is 2.18. The quantitative estimate of drug-likeness (QED) is 0.936. The van der Waals surface area contributed by atoms with Gasteiger partial charge < -0.3 is 5.11 Å². The summed E-state index contributed by atoms with van der Waals surface area (Å²) >= 11 is 6.19. The summed E-state index contributed by atoms with van der Waals surface area (Å²) in [6, 6.07) is 6.28. The molecule has 1 aromatic carbocycles. The highest BCUT2D eigenvalue weighted by Crippen LogP contribution is 2.27. The number of nitrogens with zero attached hydrogens (tertiary/aromatic N) is 2. The number of halogens is 2. The first-order chi connectivity index (χ1) is 9.02. The average molecular weight is 283 g/mol. The summed E-state index contributed by atoms with van der Waals surface area (Å²) < 4.78 is 14.9. The van der Waals surface area contributed by atoms with Crippen LogP contribution in [0, 0.1) is 12.7 Å². The molecule has 2 rings (SSSR count). The van der Waals surface area contributed by atoms with E-state index in [2.05, 4.69) is 5.10 Å². The molecule has 0 aliphatic rings. The highest BCUT2D eigenvalue weighted by molar-refractivity contribution is 6.31. The van der Waals surface area contributed by atoms with E-state index in [1.807, 2.05) is 14.0 Å². The second-order valence-corrected chi connectivity index (χ2v) is 4.99. The number of aliphatic hydroxyl groups excluding tert-OH is 1. The minimum atomic E-state index is -0.303. The standard InChI is InChI=1S/C14H16ClFN2O/c1-9-14(15)13(18(2)17-9)7-11(8-19)10-4-3-5-12(16)6-10/h3-6,11,19H,7-8H2,1-2H3. The first kappa shape index (κ1) is 14.0. The molecule has 0 fully saturated rings. The molecular weight excluding hydrogens is 267 g/mol. The highest BCUT2D eigenvalue weighted by atomic mass is 35.5. The minimum absolute atomic E-state index is 0.0655. The van der Waals surface area contributed by atoms with Crippen molar-refractivity contribution < 1.29 is 9.50 Å². The maximum absolute atomic E-state index is 13.2. The van der Waals surface area contributed by atoms with Crippen LogP contribution in [0.1, 0.15) is 22.9 Å². The number of rotatable bonds is 4. The minimum Gasteiger partial charge on any atom is -0.396 e. The summed E-state index contributed by atoms with van der Waals surface area (Å²) in [5, 5.41) is 14.4. The van der Waals surface area contributed by atoms with Crippen LogP contribution in [0.3, 0.4) is 0 Å². The maximum atomic E-state index is 13.2. The molecular formula is C14H16ClFN2O. The monoisotopic (exact) mass is 282 g/mol. The van der Waals surface area contributed by atoms with Crippen molar-refractivity contribution in [3.63, 3.8) is 0 Å². The molecule has 0 saturated carbocycles. The zero-order valence-corrected chi connectivity index (χ0v) is 11.7. The van der Waals surface area contributed by atoms with Crippen molar-refractivity contribution >= 4 is 11.6 Å². The summed E-state index contributed by atoms with van der Waals surface area (Å²) in [7, 11) is 1.81. The van der Waals surface area contributed by atoms with Crippen LogP contribution in [-0.4, -0.2) is 21.5 Å². The zero-order chi connectivity index (χ0) is 14.0. The van der Waals surface area contributed by atoms with Gasteiger partial charge in [-0.05, 0) is 31.0 Å². The molecule has 0 aliphatic heterocycles. The number of hydrogen-bond acceptors (Lipinski definition) is 2. The van der Waals surface area contributed by atoms with Gasteiger partial charge in [0.05, 0.1) is 23.0 Å². The van der Waals surface area contributed by atoms with Gasteiger partial charge >= 0.3 is 0 Å². The molecule has 0 saturated heterocycles. The van der Waals surface area contributed by atoms with E-state index in [1.165, 1.54) is 12.1 Å². The molecule has 0 bridgehead atoms. The van der Waals surface area contributed by atoms with Gasteiger partial charge in [-0.25, -0.2) is 4.39 Å². The molecule has 2 aromatic rings. The molecule has 1 aromatic heterocycles. The fraction of sp³-hybridized carbons (Fsp3) is 0.357. The Morgan fingerprint density at radius 3 is 2.74 bits per heavy atom. The van der Waals surface area contributed by atoms with Crippen molar-refractivity contribution in [3.8, 4) is 0 Å². The normalized spacial score (nSPS) is 12.7. The largest absolute Gasteiger partial charge is 0.396 e. The first-order valence-electron chi connectivity index (χ1n) is 6.07. The molecule has 0 spiro atoms. The molecule has 0 aliphatic carbocycles. The lowest BCUT2D eigenvalue weighted by molar-refractivity contribution is 0.263. The molecule has 1 N–H and O–H groups in total. The first-order valence-corrected chi connectivity index (χ1v) is 6.45. The van der Waals surface area contributed by atoms with Crippen molar-refractivity contribution in [1.82, 2.24) is 9.78 Å². The van der Waals surface area contributed by atoms with Crippen LogP contribution in [0.15, 0.2) is 24.3 Å². The van der Waals surface area contributed by atoms with Crippen LogP contribution in [-0.2, 0) is 13.5 Å². The van der Waals surface area contributed by atoms with Crippen LogP contribution in [0.25, 0.3) is 0 Å². The third kappa shape index (κ3) is 2.96. The number of benzene rings is 1. The van der Waals surface area contributed by atoms with Gasteiger partial charge in [0.2, 0.25) is 0 Å². The van der Waals surface area contributed by atoms with Gasteiger partial charge in [0.15, 0.2) is 0 Å². The van der Waals surface area contributed by atoms with Gasteiger partial charge in [-0.15, -0.1) is 0 Å². The molecule has 1 atom stereocenters. The number of hydrogen-bond donors (Lipinski definition) is 1. The smallest absolute Gasteiger partial charge is 0.123 e. The van der Waals surface area contributed by atoms with Crippen LogP contribution in [0.4, 0.5) is 4.39 Å². The summed E-state index contributed by atoms with van der Waals surface area (Å²) in [5.74, 6) is -0.494. The van der Waals surface area contributed by atoms with Gasteiger partial charge in [0, 0.05) is 13.0 Å². The molecule has 3 nitrogen and oxygen atoms in total. The summed E-state index contributed by atoms with van der Waals surface area (Å²) in [5.41, 5.74) is 2.37. The number of aryl methyl sites for hydroxylation is 2. The van der Waals surface area contributed by atoms with Gasteiger partial charge in [-0.1, -0.05) is 23.7 Å². The third-order valence-electron chi connectivity index (χ3n) is 3.24. The van der Waals surface area contributed by atoms with E-state index < -0.39 is 0 Å². The molecule has 19 heavy (non-hydrogen) atoms. The lowest BCUT2D eigenvalue weighted by Gasteiger charge is -2.15. The van der Waals surface area contributed by atoms with Crippen LogP contribution < -0.4 is 0 Å².